The van der Waals surface area contributed by atoms with Crippen molar-refractivity contribution < 1.29 is 24.2 Å². The molecule has 0 fully saturated rings. The Morgan fingerprint density at radius 1 is 1.28 bits per heavy atom. The molecule has 194 valence electrons. The molecular weight excluding hydrogens is 464 g/mol. The molecule has 3 N–H and O–H groups in total. The van der Waals surface area contributed by atoms with Gasteiger partial charge in [0.15, 0.2) is 5.75 Å². The quantitative estimate of drug-likeness (QED) is 0.531. The van der Waals surface area contributed by atoms with E-state index in [1.807, 2.05) is 20.8 Å². The largest absolute Gasteiger partial charge is 0.485 e. The lowest BCUT2D eigenvalue weighted by atomic mass is 9.99. The molecule has 0 saturated heterocycles. The van der Waals surface area contributed by atoms with E-state index < -0.39 is 18.1 Å². The van der Waals surface area contributed by atoms with Gasteiger partial charge in [-0.2, -0.15) is 0 Å². The zero-order valence-corrected chi connectivity index (χ0v) is 21.3. The molecule has 3 atom stereocenters. The van der Waals surface area contributed by atoms with Gasteiger partial charge >= 0.3 is 6.03 Å². The summed E-state index contributed by atoms with van der Waals surface area (Å²) in [6.07, 6.45) is 3.70. The van der Waals surface area contributed by atoms with Crippen molar-refractivity contribution in [3.05, 3.63) is 48.0 Å². The number of ether oxygens (including phenoxy) is 1. The van der Waals surface area contributed by atoms with Gasteiger partial charge in [-0.25, -0.2) is 9.78 Å². The Hall–Kier alpha value is -3.73. The van der Waals surface area contributed by atoms with Crippen LogP contribution >= 0.6 is 0 Å². The van der Waals surface area contributed by atoms with Gasteiger partial charge < -0.3 is 30.3 Å². The number of aromatic nitrogens is 2. The summed E-state index contributed by atoms with van der Waals surface area (Å²) in [5.74, 6) is -0.829. The van der Waals surface area contributed by atoms with Crippen LogP contribution in [0.15, 0.2) is 36.8 Å². The normalized spacial score (nSPS) is 18.4. The molecule has 3 rings (SSSR count). The van der Waals surface area contributed by atoms with Crippen molar-refractivity contribution in [3.8, 4) is 5.75 Å². The zero-order chi connectivity index (χ0) is 26.4. The molecule has 2 heterocycles. The number of hydrogen-bond acceptors (Lipinski definition) is 7. The van der Waals surface area contributed by atoms with Crippen molar-refractivity contribution in [2.45, 2.75) is 45.9 Å². The summed E-state index contributed by atoms with van der Waals surface area (Å²) in [7, 11) is 1.68. The van der Waals surface area contributed by atoms with Gasteiger partial charge in [0.05, 0.1) is 36.6 Å². The number of fused-ring (bicyclic) bond motifs is 1. The Labute approximate surface area is 210 Å². The number of benzene rings is 1. The maximum Gasteiger partial charge on any atom is 0.317 e. The molecule has 1 aromatic heterocycles. The van der Waals surface area contributed by atoms with Crippen LogP contribution in [0.1, 0.15) is 48.5 Å². The number of aliphatic hydroxyl groups excluding tert-OH is 1. The molecule has 0 saturated carbocycles. The summed E-state index contributed by atoms with van der Waals surface area (Å²) in [4.78, 5) is 50.0. The first-order valence-corrected chi connectivity index (χ1v) is 11.9. The van der Waals surface area contributed by atoms with E-state index in [1.165, 1.54) is 23.5 Å². The van der Waals surface area contributed by atoms with Crippen molar-refractivity contribution in [2.24, 2.45) is 5.92 Å². The number of carbonyl (C=O) groups excluding carboxylic acids is 3. The first-order valence-electron chi connectivity index (χ1n) is 11.9. The first kappa shape index (κ1) is 26.9. The molecule has 11 nitrogen and oxygen atoms in total. The summed E-state index contributed by atoms with van der Waals surface area (Å²) in [5.41, 5.74) is 0.651. The number of amides is 4. The van der Waals surface area contributed by atoms with E-state index in [2.05, 4.69) is 20.6 Å². The molecule has 1 aliphatic heterocycles. The Morgan fingerprint density at radius 3 is 2.67 bits per heavy atom. The third-order valence-corrected chi connectivity index (χ3v) is 5.95. The predicted molar refractivity (Wildman–Crippen MR) is 134 cm³/mol. The van der Waals surface area contributed by atoms with Crippen LogP contribution in [0, 0.1) is 5.92 Å². The van der Waals surface area contributed by atoms with E-state index in [0.29, 0.717) is 12.2 Å². The second kappa shape index (κ2) is 11.8. The molecule has 0 unspecified atom stereocenters. The summed E-state index contributed by atoms with van der Waals surface area (Å²) in [6.45, 7) is 7.80. The number of anilines is 1. The number of carbonyl (C=O) groups is 3. The fraction of sp³-hybridized carbons (Fsp3) is 0.480. The molecule has 36 heavy (non-hydrogen) atoms. The van der Waals surface area contributed by atoms with E-state index >= 15 is 0 Å². The smallest absolute Gasteiger partial charge is 0.317 e. The van der Waals surface area contributed by atoms with E-state index in [-0.39, 0.29) is 54.1 Å². The minimum absolute atomic E-state index is 0.0298. The van der Waals surface area contributed by atoms with Crippen molar-refractivity contribution >= 4 is 23.5 Å². The molecule has 1 aliphatic rings. The second-order valence-electron chi connectivity index (χ2n) is 9.33. The zero-order valence-electron chi connectivity index (χ0n) is 21.3. The van der Waals surface area contributed by atoms with Crippen molar-refractivity contribution in [2.75, 3.05) is 32.1 Å². The third-order valence-electron chi connectivity index (χ3n) is 5.95. The highest BCUT2D eigenvalue weighted by molar-refractivity contribution is 6.06. The highest BCUT2D eigenvalue weighted by atomic mass is 16.5. The number of hydrogen-bond donors (Lipinski definition) is 3. The van der Waals surface area contributed by atoms with E-state index in [0.717, 1.165) is 0 Å². The van der Waals surface area contributed by atoms with Gasteiger partial charge in [0.2, 0.25) is 0 Å². The highest BCUT2D eigenvalue weighted by Gasteiger charge is 2.35. The summed E-state index contributed by atoms with van der Waals surface area (Å²) < 4.78 is 6.39. The number of aliphatic hydroxyl groups is 1. The molecule has 1 aromatic carbocycles. The van der Waals surface area contributed by atoms with Crippen LogP contribution in [0.5, 0.6) is 5.75 Å². The Balaban J connectivity index is 2.00. The van der Waals surface area contributed by atoms with Crippen molar-refractivity contribution in [1.82, 2.24) is 25.1 Å². The average molecular weight is 499 g/mol. The number of para-hydroxylation sites is 1. The van der Waals surface area contributed by atoms with Crippen LogP contribution in [0.25, 0.3) is 0 Å². The number of nitrogens with zero attached hydrogens (tertiary/aromatic N) is 4. The maximum absolute atomic E-state index is 13.5. The summed E-state index contributed by atoms with van der Waals surface area (Å²) >= 11 is 0. The lowest BCUT2D eigenvalue weighted by molar-refractivity contribution is 0.0368. The van der Waals surface area contributed by atoms with Gasteiger partial charge in [0.25, 0.3) is 11.8 Å². The molecule has 0 spiro atoms. The molecule has 0 bridgehead atoms. The third kappa shape index (κ3) is 6.28. The van der Waals surface area contributed by atoms with E-state index in [1.54, 1.807) is 37.1 Å². The first-order chi connectivity index (χ1) is 17.1. The van der Waals surface area contributed by atoms with Gasteiger partial charge in [-0.1, -0.05) is 13.0 Å². The topological polar surface area (TPSA) is 137 Å². The Kier molecular flexibility index (Phi) is 8.81. The molecular formula is C25H34N6O5. The lowest BCUT2D eigenvalue weighted by Gasteiger charge is -2.38. The maximum atomic E-state index is 13.5. The van der Waals surface area contributed by atoms with Crippen LogP contribution in [0.3, 0.4) is 0 Å². The number of likely N-dealkylation sites (N-methyl/N-ethyl adjacent to an activating group) is 1. The van der Waals surface area contributed by atoms with Crippen LogP contribution < -0.4 is 15.4 Å². The predicted octanol–water partition coefficient (Wildman–Crippen LogP) is 2.00. The van der Waals surface area contributed by atoms with Crippen molar-refractivity contribution in [3.63, 3.8) is 0 Å². The monoisotopic (exact) mass is 498 g/mol. The van der Waals surface area contributed by atoms with Crippen molar-refractivity contribution in [1.29, 1.82) is 0 Å². The van der Waals surface area contributed by atoms with Gasteiger partial charge in [-0.15, -0.1) is 0 Å². The van der Waals surface area contributed by atoms with E-state index in [9.17, 15) is 19.5 Å². The summed E-state index contributed by atoms with van der Waals surface area (Å²) in [5, 5.41) is 15.4. The van der Waals surface area contributed by atoms with E-state index in [4.69, 9.17) is 4.74 Å². The second-order valence-corrected chi connectivity index (χ2v) is 9.33. The van der Waals surface area contributed by atoms with Crippen LogP contribution in [0.2, 0.25) is 0 Å². The fourth-order valence-electron chi connectivity index (χ4n) is 3.87. The Morgan fingerprint density at radius 2 is 2.03 bits per heavy atom. The summed E-state index contributed by atoms with van der Waals surface area (Å²) in [6, 6.07) is 4.19. The molecule has 4 amide bonds. The minimum Gasteiger partial charge on any atom is -0.485 e. The van der Waals surface area contributed by atoms with Gasteiger partial charge in [0.1, 0.15) is 11.8 Å². The minimum atomic E-state index is -0.511. The average Bonchev–Trinajstić information content (AvgIpc) is 2.86. The highest BCUT2D eigenvalue weighted by Crippen LogP contribution is 2.35. The van der Waals surface area contributed by atoms with Crippen LogP contribution in [-0.2, 0) is 0 Å². The van der Waals surface area contributed by atoms with Gasteiger partial charge in [-0.3, -0.25) is 14.6 Å². The van der Waals surface area contributed by atoms with Gasteiger partial charge in [0, 0.05) is 37.9 Å². The van der Waals surface area contributed by atoms with Gasteiger partial charge in [-0.05, 0) is 32.9 Å². The van der Waals surface area contributed by atoms with Crippen LogP contribution in [0.4, 0.5) is 10.5 Å². The number of rotatable bonds is 7. The standard InChI is InChI=1S/C25H34N6O5/c1-15(2)28-25(35)30(5)13-21-16(3)12-31(17(4)14-32)24(34)18-7-6-8-19(22(18)36-21)29-23(33)20-11-26-9-10-27-20/h6-11,15-17,21,32H,12-14H2,1-5H3,(H,28,35)(H,29,33)/t16-,17+,21-/m0/s1. The molecule has 11 heteroatoms. The molecule has 0 aliphatic carbocycles. The lowest BCUT2D eigenvalue weighted by Crippen LogP contribution is -2.51. The van der Waals surface area contributed by atoms with Crippen LogP contribution in [-0.4, -0.2) is 87.7 Å². The number of nitrogens with one attached hydrogen (secondary N) is 2. The number of urea groups is 1. The fourth-order valence-corrected chi connectivity index (χ4v) is 3.87. The molecule has 0 radical (unpaired) electrons. The SMILES string of the molecule is CC(C)NC(=O)N(C)C[C@@H]1Oc2c(NC(=O)c3cnccn3)cccc2C(=O)N([C@H](C)CO)C[C@@H]1C. The molecule has 2 aromatic rings. The Bertz CT molecular complexity index is 1080.